The molecule has 158 valence electrons. The summed E-state index contributed by atoms with van der Waals surface area (Å²) in [6.45, 7) is 0.937. The topological polar surface area (TPSA) is 43.3 Å². The average Bonchev–Trinajstić information content (AvgIpc) is 3.20. The van der Waals surface area contributed by atoms with Gasteiger partial charge in [0.2, 0.25) is 0 Å². The van der Waals surface area contributed by atoms with Gasteiger partial charge < -0.3 is 14.6 Å². The fourth-order valence-corrected chi connectivity index (χ4v) is 3.79. The van der Waals surface area contributed by atoms with Gasteiger partial charge in [0.05, 0.1) is 7.11 Å². The van der Waals surface area contributed by atoms with Gasteiger partial charge >= 0.3 is 0 Å². The van der Waals surface area contributed by atoms with E-state index in [2.05, 4.69) is 40.3 Å². The predicted octanol–water partition coefficient (Wildman–Crippen LogP) is 6.12. The second-order valence-corrected chi connectivity index (χ2v) is 7.88. The fourth-order valence-electron chi connectivity index (χ4n) is 3.67. The molecule has 1 heterocycles. The highest BCUT2D eigenvalue weighted by Gasteiger charge is 2.08. The lowest BCUT2D eigenvalue weighted by molar-refractivity contribution is 0.102. The van der Waals surface area contributed by atoms with Crippen LogP contribution in [0.3, 0.4) is 0 Å². The van der Waals surface area contributed by atoms with Crippen molar-refractivity contribution in [2.24, 2.45) is 0 Å². The molecular formula is C26H25ClN2O2. The highest BCUT2D eigenvalue weighted by Crippen LogP contribution is 2.21. The van der Waals surface area contributed by atoms with E-state index in [-0.39, 0.29) is 5.91 Å². The average molecular weight is 433 g/mol. The van der Waals surface area contributed by atoms with Crippen LogP contribution in [-0.4, -0.2) is 23.5 Å². The number of anilines is 1. The molecule has 4 nitrogen and oxygen atoms in total. The number of ether oxygens (including phenoxy) is 1. The Morgan fingerprint density at radius 1 is 0.968 bits per heavy atom. The lowest BCUT2D eigenvalue weighted by Gasteiger charge is -2.08. The van der Waals surface area contributed by atoms with E-state index in [0.29, 0.717) is 11.4 Å². The van der Waals surface area contributed by atoms with E-state index in [4.69, 9.17) is 16.3 Å². The smallest absolute Gasteiger partial charge is 0.255 e. The molecule has 1 N–H and O–H groups in total. The summed E-state index contributed by atoms with van der Waals surface area (Å²) in [5.74, 6) is 1.30. The third-order valence-electron chi connectivity index (χ3n) is 5.34. The molecule has 5 heteroatoms. The van der Waals surface area contributed by atoms with Gasteiger partial charge in [-0.2, -0.15) is 0 Å². The maximum Gasteiger partial charge on any atom is 0.255 e. The van der Waals surface area contributed by atoms with Crippen LogP contribution in [0, 0.1) is 0 Å². The van der Waals surface area contributed by atoms with Crippen LogP contribution in [0.15, 0.2) is 79.0 Å². The zero-order valence-electron chi connectivity index (χ0n) is 17.5. The number of carbonyl (C=O) groups excluding carboxylic acids is 1. The Balaban J connectivity index is 1.41. The van der Waals surface area contributed by atoms with E-state index >= 15 is 0 Å². The number of nitrogens with one attached hydrogen (secondary N) is 1. The van der Waals surface area contributed by atoms with Gasteiger partial charge in [-0.3, -0.25) is 4.79 Å². The fraction of sp³-hybridized carbons (Fsp3) is 0.192. The Morgan fingerprint density at radius 2 is 1.71 bits per heavy atom. The van der Waals surface area contributed by atoms with Gasteiger partial charge in [0.15, 0.2) is 0 Å². The first-order valence-corrected chi connectivity index (χ1v) is 10.9. The van der Waals surface area contributed by atoms with E-state index in [0.717, 1.165) is 30.8 Å². The maximum atomic E-state index is 12.5. The highest BCUT2D eigenvalue weighted by atomic mass is 35.5. The van der Waals surface area contributed by atoms with Gasteiger partial charge in [-0.25, -0.2) is 0 Å². The highest BCUT2D eigenvalue weighted by molar-refractivity contribution is 6.17. The normalized spacial score (nSPS) is 10.9. The molecule has 0 saturated heterocycles. The summed E-state index contributed by atoms with van der Waals surface area (Å²) in [6.07, 6.45) is 3.91. The van der Waals surface area contributed by atoms with Crippen LogP contribution in [0.4, 0.5) is 5.69 Å². The third kappa shape index (κ3) is 5.09. The number of rotatable bonds is 8. The van der Waals surface area contributed by atoms with Gasteiger partial charge in [0.25, 0.3) is 5.91 Å². The Labute approximate surface area is 187 Å². The summed E-state index contributed by atoms with van der Waals surface area (Å²) >= 11 is 5.82. The van der Waals surface area contributed by atoms with E-state index in [1.807, 2.05) is 48.5 Å². The van der Waals surface area contributed by atoms with Crippen LogP contribution < -0.4 is 10.1 Å². The number of carbonyl (C=O) groups is 1. The molecule has 0 aliphatic carbocycles. The molecule has 0 aliphatic rings. The standard InChI is InChI=1S/C26H25ClN2O2/c1-31-24-10-8-23(9-11-24)28-26(30)21-6-3-19(4-7-21)17-20-5-12-25-22(18-20)13-16-29(25)15-2-14-27/h3-13,16,18H,2,14-15,17H2,1H3,(H,28,30). The molecule has 0 aliphatic heterocycles. The lowest BCUT2D eigenvalue weighted by Crippen LogP contribution is -2.11. The van der Waals surface area contributed by atoms with Crippen molar-refractivity contribution in [3.8, 4) is 5.75 Å². The first-order valence-electron chi connectivity index (χ1n) is 10.3. The van der Waals surface area contributed by atoms with Crippen LogP contribution in [0.5, 0.6) is 5.75 Å². The Kier molecular flexibility index (Phi) is 6.58. The molecule has 3 aromatic carbocycles. The first-order chi connectivity index (χ1) is 15.2. The molecule has 0 bridgehead atoms. The van der Waals surface area contributed by atoms with Crippen molar-refractivity contribution in [2.75, 3.05) is 18.3 Å². The molecule has 31 heavy (non-hydrogen) atoms. The minimum Gasteiger partial charge on any atom is -0.497 e. The third-order valence-corrected chi connectivity index (χ3v) is 5.61. The number of aryl methyl sites for hydroxylation is 1. The van der Waals surface area contributed by atoms with Crippen LogP contribution in [0.25, 0.3) is 10.9 Å². The second-order valence-electron chi connectivity index (χ2n) is 7.50. The zero-order valence-corrected chi connectivity index (χ0v) is 18.2. The summed E-state index contributed by atoms with van der Waals surface area (Å²) in [5.41, 5.74) is 5.02. The second kappa shape index (κ2) is 9.71. The van der Waals surface area contributed by atoms with Gasteiger partial charge in [-0.1, -0.05) is 18.2 Å². The number of hydrogen-bond donors (Lipinski definition) is 1. The van der Waals surface area contributed by atoms with Crippen molar-refractivity contribution in [2.45, 2.75) is 19.4 Å². The van der Waals surface area contributed by atoms with Crippen LogP contribution >= 0.6 is 11.6 Å². The molecule has 4 rings (SSSR count). The van der Waals surface area contributed by atoms with Gasteiger partial charge in [-0.05, 0) is 84.0 Å². The minimum absolute atomic E-state index is 0.128. The maximum absolute atomic E-state index is 12.5. The number of methoxy groups -OCH3 is 1. The van der Waals surface area contributed by atoms with Crippen LogP contribution in [0.1, 0.15) is 27.9 Å². The Bertz CT molecular complexity index is 1160. The molecule has 1 amide bonds. The molecule has 4 aromatic rings. The van der Waals surface area contributed by atoms with Crippen LogP contribution in [-0.2, 0) is 13.0 Å². The number of nitrogens with zero attached hydrogens (tertiary/aromatic N) is 1. The summed E-state index contributed by atoms with van der Waals surface area (Å²) in [6, 6.07) is 23.8. The van der Waals surface area contributed by atoms with Crippen LogP contribution in [0.2, 0.25) is 0 Å². The van der Waals surface area contributed by atoms with E-state index in [9.17, 15) is 4.79 Å². The molecule has 0 fully saturated rings. The van der Waals surface area contributed by atoms with E-state index in [1.54, 1.807) is 7.11 Å². The zero-order chi connectivity index (χ0) is 21.6. The molecule has 0 saturated carbocycles. The largest absolute Gasteiger partial charge is 0.497 e. The van der Waals surface area contributed by atoms with Crippen molar-refractivity contribution in [3.05, 3.63) is 95.7 Å². The summed E-state index contributed by atoms with van der Waals surface area (Å²) < 4.78 is 7.39. The summed E-state index contributed by atoms with van der Waals surface area (Å²) in [4.78, 5) is 12.5. The van der Waals surface area contributed by atoms with Gasteiger partial charge in [0, 0.05) is 35.4 Å². The Morgan fingerprint density at radius 3 is 2.42 bits per heavy atom. The number of benzene rings is 3. The summed E-state index contributed by atoms with van der Waals surface area (Å²) in [5, 5.41) is 4.15. The van der Waals surface area contributed by atoms with Gasteiger partial charge in [0.1, 0.15) is 5.75 Å². The predicted molar refractivity (Wildman–Crippen MR) is 127 cm³/mol. The van der Waals surface area contributed by atoms with Gasteiger partial charge in [-0.15, -0.1) is 11.6 Å². The molecule has 1 aromatic heterocycles. The van der Waals surface area contributed by atoms with Crippen molar-refractivity contribution >= 4 is 34.1 Å². The number of alkyl halides is 1. The number of amides is 1. The van der Waals surface area contributed by atoms with Crippen molar-refractivity contribution in [1.82, 2.24) is 4.57 Å². The molecule has 0 spiro atoms. The quantitative estimate of drug-likeness (QED) is 0.341. The van der Waals surface area contributed by atoms with E-state index in [1.165, 1.54) is 22.0 Å². The first kappa shape index (κ1) is 21.0. The van der Waals surface area contributed by atoms with Crippen molar-refractivity contribution < 1.29 is 9.53 Å². The number of hydrogen-bond acceptors (Lipinski definition) is 2. The summed E-state index contributed by atoms with van der Waals surface area (Å²) in [7, 11) is 1.62. The number of fused-ring (bicyclic) bond motifs is 1. The monoisotopic (exact) mass is 432 g/mol. The van der Waals surface area contributed by atoms with E-state index < -0.39 is 0 Å². The van der Waals surface area contributed by atoms with Crippen molar-refractivity contribution in [3.63, 3.8) is 0 Å². The minimum atomic E-state index is -0.128. The molecule has 0 radical (unpaired) electrons. The van der Waals surface area contributed by atoms with Crippen molar-refractivity contribution in [1.29, 1.82) is 0 Å². The molecule has 0 atom stereocenters. The lowest BCUT2D eigenvalue weighted by atomic mass is 10.0. The Hall–Kier alpha value is -3.24. The number of halogens is 1. The SMILES string of the molecule is COc1ccc(NC(=O)c2ccc(Cc3ccc4c(ccn4CCCCl)c3)cc2)cc1. The molecule has 0 unspecified atom stereocenters. The molecular weight excluding hydrogens is 408 g/mol. The number of aromatic nitrogens is 1.